The molecule has 30 heavy (non-hydrogen) atoms. The zero-order valence-electron chi connectivity index (χ0n) is 16.5. The van der Waals surface area contributed by atoms with E-state index in [1.165, 1.54) is 0 Å². The Kier molecular flexibility index (Phi) is 9.14. The maximum atomic E-state index is 12.1. The van der Waals surface area contributed by atoms with E-state index in [0.717, 1.165) is 5.56 Å². The van der Waals surface area contributed by atoms with Crippen LogP contribution in [0.3, 0.4) is 0 Å². The third-order valence-electron chi connectivity index (χ3n) is 4.14. The number of aliphatic carboxylic acids is 1. The van der Waals surface area contributed by atoms with Gasteiger partial charge in [-0.25, -0.2) is 9.59 Å². The summed E-state index contributed by atoms with van der Waals surface area (Å²) in [5.74, 6) is -0.823. The van der Waals surface area contributed by atoms with Crippen LogP contribution in [0.25, 0.3) is 0 Å². The van der Waals surface area contributed by atoms with Crippen LogP contribution in [0.4, 0.5) is 10.5 Å². The number of carboxylic acids is 1. The summed E-state index contributed by atoms with van der Waals surface area (Å²) in [6, 6.07) is 14.8. The molecule has 0 aliphatic carbocycles. The average Bonchev–Trinajstić information content (AvgIpc) is 2.75. The van der Waals surface area contributed by atoms with Crippen LogP contribution in [-0.2, 0) is 16.2 Å². The van der Waals surface area contributed by atoms with Gasteiger partial charge in [-0.3, -0.25) is 4.79 Å². The summed E-state index contributed by atoms with van der Waals surface area (Å²) >= 11 is 0. The summed E-state index contributed by atoms with van der Waals surface area (Å²) in [6.45, 7) is 0.590. The molecule has 3 amide bonds. The minimum atomic E-state index is -1.15. The molecule has 6 N–H and O–H groups in total. The van der Waals surface area contributed by atoms with Crippen molar-refractivity contribution >= 4 is 23.6 Å². The summed E-state index contributed by atoms with van der Waals surface area (Å²) < 4.78 is 5.68. The van der Waals surface area contributed by atoms with E-state index >= 15 is 0 Å². The number of benzene rings is 2. The van der Waals surface area contributed by atoms with E-state index in [1.54, 1.807) is 24.3 Å². The SMILES string of the molecule is NCC(=O)NCCCC(NC(=O)Nc1ccc(OCc2ccccc2)cc1)C(=O)O. The standard InChI is InChI=1S/C21H26N4O5/c22-13-19(26)23-12-4-7-18(20(27)28)25-21(29)24-16-8-10-17(11-9-16)30-14-15-5-2-1-3-6-15/h1-3,5-6,8-11,18H,4,7,12-14,22H2,(H,23,26)(H,27,28)(H2,24,25,29). The monoisotopic (exact) mass is 414 g/mol. The minimum Gasteiger partial charge on any atom is -0.489 e. The van der Waals surface area contributed by atoms with Crippen molar-refractivity contribution in [2.75, 3.05) is 18.4 Å². The van der Waals surface area contributed by atoms with Gasteiger partial charge >= 0.3 is 12.0 Å². The number of hydrogen-bond acceptors (Lipinski definition) is 5. The van der Waals surface area contributed by atoms with Crippen LogP contribution in [0.15, 0.2) is 54.6 Å². The lowest BCUT2D eigenvalue weighted by atomic mass is 10.1. The fraction of sp³-hybridized carbons (Fsp3) is 0.286. The molecule has 0 aliphatic rings. The Bertz CT molecular complexity index is 827. The summed E-state index contributed by atoms with van der Waals surface area (Å²) in [4.78, 5) is 34.5. The number of amides is 3. The van der Waals surface area contributed by atoms with Crippen LogP contribution in [0.1, 0.15) is 18.4 Å². The number of hydrogen-bond donors (Lipinski definition) is 5. The Morgan fingerprint density at radius 3 is 2.37 bits per heavy atom. The lowest BCUT2D eigenvalue weighted by molar-refractivity contribution is -0.139. The van der Waals surface area contributed by atoms with Gasteiger partial charge in [-0.05, 0) is 42.7 Å². The number of nitrogens with one attached hydrogen (secondary N) is 3. The summed E-state index contributed by atoms with van der Waals surface area (Å²) in [7, 11) is 0. The normalized spacial score (nSPS) is 11.2. The van der Waals surface area contributed by atoms with Crippen molar-refractivity contribution in [3.8, 4) is 5.75 Å². The van der Waals surface area contributed by atoms with Gasteiger partial charge in [0.05, 0.1) is 6.54 Å². The van der Waals surface area contributed by atoms with Gasteiger partial charge in [0.15, 0.2) is 0 Å². The molecule has 2 aromatic rings. The molecule has 0 radical (unpaired) electrons. The molecule has 9 heteroatoms. The van der Waals surface area contributed by atoms with Crippen molar-refractivity contribution in [3.63, 3.8) is 0 Å². The first-order valence-electron chi connectivity index (χ1n) is 9.52. The molecular weight excluding hydrogens is 388 g/mol. The molecule has 0 saturated carbocycles. The average molecular weight is 414 g/mol. The third-order valence-corrected chi connectivity index (χ3v) is 4.14. The second kappa shape index (κ2) is 12.1. The highest BCUT2D eigenvalue weighted by molar-refractivity contribution is 5.92. The molecule has 2 aromatic carbocycles. The molecule has 0 aliphatic heterocycles. The van der Waals surface area contributed by atoms with Crippen LogP contribution in [0, 0.1) is 0 Å². The van der Waals surface area contributed by atoms with Crippen LogP contribution in [0.5, 0.6) is 5.75 Å². The largest absolute Gasteiger partial charge is 0.489 e. The highest BCUT2D eigenvalue weighted by atomic mass is 16.5. The van der Waals surface area contributed by atoms with E-state index in [-0.39, 0.29) is 25.4 Å². The number of nitrogens with two attached hydrogens (primary N) is 1. The van der Waals surface area contributed by atoms with Crippen molar-refractivity contribution in [1.29, 1.82) is 0 Å². The molecular formula is C21H26N4O5. The third kappa shape index (κ3) is 8.19. The van der Waals surface area contributed by atoms with E-state index in [0.29, 0.717) is 24.5 Å². The van der Waals surface area contributed by atoms with Gasteiger partial charge in [0.2, 0.25) is 5.91 Å². The summed E-state index contributed by atoms with van der Waals surface area (Å²) in [6.07, 6.45) is 0.552. The maximum Gasteiger partial charge on any atom is 0.326 e. The van der Waals surface area contributed by atoms with E-state index in [9.17, 15) is 19.5 Å². The lowest BCUT2D eigenvalue weighted by Crippen LogP contribution is -2.43. The number of ether oxygens (including phenoxy) is 1. The van der Waals surface area contributed by atoms with Gasteiger partial charge in [-0.1, -0.05) is 30.3 Å². The Morgan fingerprint density at radius 1 is 1.03 bits per heavy atom. The highest BCUT2D eigenvalue weighted by Crippen LogP contribution is 2.17. The van der Waals surface area contributed by atoms with Crippen molar-refractivity contribution in [1.82, 2.24) is 10.6 Å². The Hall–Kier alpha value is -3.59. The van der Waals surface area contributed by atoms with Crippen LogP contribution in [0.2, 0.25) is 0 Å². The second-order valence-corrected chi connectivity index (χ2v) is 6.48. The van der Waals surface area contributed by atoms with Crippen LogP contribution < -0.4 is 26.4 Å². The van der Waals surface area contributed by atoms with Gasteiger partial charge < -0.3 is 31.5 Å². The van der Waals surface area contributed by atoms with E-state index < -0.39 is 18.0 Å². The van der Waals surface area contributed by atoms with Gasteiger partial charge in [0.25, 0.3) is 0 Å². The minimum absolute atomic E-state index is 0.126. The van der Waals surface area contributed by atoms with Crippen molar-refractivity contribution < 1.29 is 24.2 Å². The Labute approximate surface area is 174 Å². The number of carboxylic acid groups (broad SMARTS) is 1. The van der Waals surface area contributed by atoms with Gasteiger partial charge in [-0.2, -0.15) is 0 Å². The molecule has 0 aromatic heterocycles. The summed E-state index contributed by atoms with van der Waals surface area (Å²) in [5, 5.41) is 16.8. The van der Waals surface area contributed by atoms with Crippen molar-refractivity contribution in [3.05, 3.63) is 60.2 Å². The topological polar surface area (TPSA) is 143 Å². The molecule has 0 saturated heterocycles. The molecule has 1 atom stereocenters. The van der Waals surface area contributed by atoms with Gasteiger partial charge in [-0.15, -0.1) is 0 Å². The van der Waals surface area contributed by atoms with Gasteiger partial charge in [0, 0.05) is 12.2 Å². The molecule has 0 fully saturated rings. The Morgan fingerprint density at radius 2 is 1.73 bits per heavy atom. The first-order valence-corrected chi connectivity index (χ1v) is 9.52. The first-order chi connectivity index (χ1) is 14.5. The molecule has 2 rings (SSSR count). The zero-order valence-corrected chi connectivity index (χ0v) is 16.5. The van der Waals surface area contributed by atoms with E-state index in [2.05, 4.69) is 16.0 Å². The molecule has 9 nitrogen and oxygen atoms in total. The fourth-order valence-electron chi connectivity index (χ4n) is 2.56. The fourth-order valence-corrected chi connectivity index (χ4v) is 2.56. The van der Waals surface area contributed by atoms with E-state index in [1.807, 2.05) is 30.3 Å². The second-order valence-electron chi connectivity index (χ2n) is 6.48. The quantitative estimate of drug-likeness (QED) is 0.354. The number of carbonyl (C=O) groups excluding carboxylic acids is 2. The molecule has 0 spiro atoms. The molecule has 0 heterocycles. The Balaban J connectivity index is 1.77. The van der Waals surface area contributed by atoms with Crippen LogP contribution >= 0.6 is 0 Å². The molecule has 160 valence electrons. The predicted molar refractivity (Wildman–Crippen MR) is 112 cm³/mol. The predicted octanol–water partition coefficient (Wildman–Crippen LogP) is 1.70. The van der Waals surface area contributed by atoms with E-state index in [4.69, 9.17) is 10.5 Å². The number of carbonyl (C=O) groups is 3. The van der Waals surface area contributed by atoms with Gasteiger partial charge in [0.1, 0.15) is 18.4 Å². The lowest BCUT2D eigenvalue weighted by Gasteiger charge is -2.15. The van der Waals surface area contributed by atoms with Crippen LogP contribution in [-0.4, -0.2) is 42.1 Å². The number of anilines is 1. The molecule has 1 unspecified atom stereocenters. The highest BCUT2D eigenvalue weighted by Gasteiger charge is 2.19. The van der Waals surface area contributed by atoms with Crippen molar-refractivity contribution in [2.45, 2.75) is 25.5 Å². The smallest absolute Gasteiger partial charge is 0.326 e. The summed E-state index contributed by atoms with van der Waals surface area (Å²) in [5.41, 5.74) is 6.72. The van der Waals surface area contributed by atoms with Crippen molar-refractivity contribution in [2.24, 2.45) is 5.73 Å². The molecule has 0 bridgehead atoms. The zero-order chi connectivity index (χ0) is 21.8. The number of rotatable bonds is 11. The number of urea groups is 1. The first kappa shape index (κ1) is 22.7. The maximum absolute atomic E-state index is 12.1.